The average molecular weight is 335 g/mol. The van der Waals surface area contributed by atoms with E-state index in [0.29, 0.717) is 35.1 Å². The number of nitrogen functional groups attached to an aromatic ring is 1. The number of hydrogen-bond donors (Lipinski definition) is 3. The maximum atomic E-state index is 13.3. The largest absolute Gasteiger partial charge is 0.398 e. The van der Waals surface area contributed by atoms with E-state index in [2.05, 4.69) is 20.6 Å². The molecule has 0 saturated carbocycles. The second-order valence-corrected chi connectivity index (χ2v) is 5.64. The smallest absolute Gasteiger partial charge is 0.254 e. The van der Waals surface area contributed by atoms with Crippen molar-refractivity contribution in [3.05, 3.63) is 65.6 Å². The summed E-state index contributed by atoms with van der Waals surface area (Å²) < 4.78 is 13.3. The molecule has 3 aromatic rings. The van der Waals surface area contributed by atoms with Gasteiger partial charge in [0.15, 0.2) is 0 Å². The van der Waals surface area contributed by atoms with Crippen LogP contribution in [0, 0.1) is 5.82 Å². The number of carbonyl (C=O) groups excluding carboxylic acids is 1. The Morgan fingerprint density at radius 2 is 2.08 bits per heavy atom. The Morgan fingerprint density at radius 1 is 1.20 bits per heavy atom. The molecule has 7 heteroatoms. The van der Waals surface area contributed by atoms with E-state index in [9.17, 15) is 9.18 Å². The van der Waals surface area contributed by atoms with Gasteiger partial charge in [0.05, 0.1) is 11.3 Å². The summed E-state index contributed by atoms with van der Waals surface area (Å²) in [7, 11) is 0. The molecule has 0 saturated heterocycles. The summed E-state index contributed by atoms with van der Waals surface area (Å²) in [6.07, 6.45) is 1.61. The van der Waals surface area contributed by atoms with Gasteiger partial charge >= 0.3 is 0 Å². The van der Waals surface area contributed by atoms with E-state index in [4.69, 9.17) is 5.73 Å². The van der Waals surface area contributed by atoms with Gasteiger partial charge in [-0.15, -0.1) is 0 Å². The number of rotatable bonds is 3. The highest BCUT2D eigenvalue weighted by Crippen LogP contribution is 2.32. The van der Waals surface area contributed by atoms with E-state index in [-0.39, 0.29) is 11.7 Å². The van der Waals surface area contributed by atoms with Crippen LogP contribution in [0.15, 0.2) is 48.7 Å². The van der Waals surface area contributed by atoms with Gasteiger partial charge in [-0.25, -0.2) is 14.4 Å². The number of nitrogens with one attached hydrogen (secondary N) is 2. The number of amides is 1. The summed E-state index contributed by atoms with van der Waals surface area (Å²) in [6.45, 7) is 0.408. The number of benzene rings is 2. The highest BCUT2D eigenvalue weighted by atomic mass is 19.1. The Labute approximate surface area is 142 Å². The van der Waals surface area contributed by atoms with Gasteiger partial charge < -0.3 is 16.4 Å². The van der Waals surface area contributed by atoms with Crippen LogP contribution in [0.1, 0.15) is 15.9 Å². The predicted octanol–water partition coefficient (Wildman–Crippen LogP) is 2.85. The van der Waals surface area contributed by atoms with E-state index in [1.165, 1.54) is 12.1 Å². The van der Waals surface area contributed by atoms with Crippen LogP contribution in [0.2, 0.25) is 0 Å². The zero-order valence-electron chi connectivity index (χ0n) is 13.1. The highest BCUT2D eigenvalue weighted by Gasteiger charge is 2.25. The minimum Gasteiger partial charge on any atom is -0.398 e. The standard InChI is InChI=1S/C18H14FN5O/c19-10-2-1-3-11(8-10)23-18-21-7-6-15(24-18)12-4-5-14(20)16-13(12)9-22-17(16)25/h1-8H,9,20H2,(H,22,25)(H,21,23,24). The number of carbonyl (C=O) groups is 1. The molecule has 2 heterocycles. The van der Waals surface area contributed by atoms with Crippen molar-refractivity contribution in [3.63, 3.8) is 0 Å². The van der Waals surface area contributed by atoms with Crippen molar-refractivity contribution in [1.82, 2.24) is 15.3 Å². The first kappa shape index (κ1) is 15.1. The second-order valence-electron chi connectivity index (χ2n) is 5.64. The number of fused-ring (bicyclic) bond motifs is 1. The van der Waals surface area contributed by atoms with Crippen molar-refractivity contribution in [1.29, 1.82) is 0 Å². The van der Waals surface area contributed by atoms with Crippen LogP contribution in [0.5, 0.6) is 0 Å². The molecule has 1 aliphatic rings. The molecular weight excluding hydrogens is 321 g/mol. The molecule has 0 radical (unpaired) electrons. The maximum absolute atomic E-state index is 13.3. The van der Waals surface area contributed by atoms with Crippen LogP contribution in [0.4, 0.5) is 21.7 Å². The lowest BCUT2D eigenvalue weighted by molar-refractivity contribution is 0.0966. The molecular formula is C18H14FN5O. The van der Waals surface area contributed by atoms with Crippen molar-refractivity contribution in [3.8, 4) is 11.3 Å². The summed E-state index contributed by atoms with van der Waals surface area (Å²) >= 11 is 0. The van der Waals surface area contributed by atoms with Gasteiger partial charge in [0.2, 0.25) is 5.95 Å². The summed E-state index contributed by atoms with van der Waals surface area (Å²) in [5.74, 6) is -0.186. The van der Waals surface area contributed by atoms with Gasteiger partial charge in [-0.1, -0.05) is 12.1 Å². The van der Waals surface area contributed by atoms with Crippen LogP contribution < -0.4 is 16.4 Å². The van der Waals surface area contributed by atoms with Crippen molar-refractivity contribution >= 4 is 23.2 Å². The quantitative estimate of drug-likeness (QED) is 0.640. The van der Waals surface area contributed by atoms with Crippen LogP contribution in [0.25, 0.3) is 11.3 Å². The molecule has 0 spiro atoms. The zero-order valence-corrected chi connectivity index (χ0v) is 13.1. The first-order valence-corrected chi connectivity index (χ1v) is 7.67. The van der Waals surface area contributed by atoms with Gasteiger partial charge in [-0.2, -0.15) is 0 Å². The van der Waals surface area contributed by atoms with Gasteiger partial charge in [0.25, 0.3) is 5.91 Å². The Hall–Kier alpha value is -3.48. The lowest BCUT2D eigenvalue weighted by atomic mass is 9.99. The summed E-state index contributed by atoms with van der Waals surface area (Å²) in [6, 6.07) is 11.3. The first-order valence-electron chi connectivity index (χ1n) is 7.67. The molecule has 6 nitrogen and oxygen atoms in total. The van der Waals surface area contributed by atoms with Crippen molar-refractivity contribution in [2.24, 2.45) is 0 Å². The summed E-state index contributed by atoms with van der Waals surface area (Å²) in [4.78, 5) is 20.6. The number of aromatic nitrogens is 2. The molecule has 0 unspecified atom stereocenters. The lowest BCUT2D eigenvalue weighted by Gasteiger charge is -2.10. The Morgan fingerprint density at radius 3 is 2.92 bits per heavy atom. The molecule has 4 N–H and O–H groups in total. The fraction of sp³-hybridized carbons (Fsp3) is 0.0556. The van der Waals surface area contributed by atoms with E-state index in [1.807, 2.05) is 6.07 Å². The fourth-order valence-corrected chi connectivity index (χ4v) is 2.88. The molecule has 0 aliphatic carbocycles. The number of hydrogen-bond acceptors (Lipinski definition) is 5. The van der Waals surface area contributed by atoms with Gasteiger partial charge in [-0.05, 0) is 35.9 Å². The minimum atomic E-state index is -0.345. The molecule has 2 aromatic carbocycles. The minimum absolute atomic E-state index is 0.179. The Kier molecular flexibility index (Phi) is 3.53. The second kappa shape index (κ2) is 5.86. The van der Waals surface area contributed by atoms with Crippen LogP contribution in [0.3, 0.4) is 0 Å². The fourth-order valence-electron chi connectivity index (χ4n) is 2.88. The molecule has 0 fully saturated rings. The number of nitrogens with two attached hydrogens (primary N) is 1. The summed E-state index contributed by atoms with van der Waals surface area (Å²) in [5.41, 5.74) is 9.69. The average Bonchev–Trinajstić information content (AvgIpc) is 2.98. The third-order valence-electron chi connectivity index (χ3n) is 4.01. The number of halogens is 1. The van der Waals surface area contributed by atoms with E-state index in [1.54, 1.807) is 30.5 Å². The monoisotopic (exact) mass is 335 g/mol. The van der Waals surface area contributed by atoms with Gasteiger partial charge in [0, 0.05) is 29.7 Å². The first-order chi connectivity index (χ1) is 12.1. The molecule has 1 amide bonds. The van der Waals surface area contributed by atoms with E-state index in [0.717, 1.165) is 11.1 Å². The molecule has 4 rings (SSSR count). The molecule has 0 atom stereocenters. The molecule has 0 bridgehead atoms. The molecule has 1 aromatic heterocycles. The highest BCUT2D eigenvalue weighted by molar-refractivity contribution is 6.05. The van der Waals surface area contributed by atoms with Crippen LogP contribution >= 0.6 is 0 Å². The third kappa shape index (κ3) is 2.76. The Balaban J connectivity index is 1.72. The number of anilines is 3. The maximum Gasteiger partial charge on any atom is 0.254 e. The Bertz CT molecular complexity index is 989. The van der Waals surface area contributed by atoms with Gasteiger partial charge in [0.1, 0.15) is 5.82 Å². The van der Waals surface area contributed by atoms with E-state index >= 15 is 0 Å². The van der Waals surface area contributed by atoms with Crippen LogP contribution in [-0.4, -0.2) is 15.9 Å². The van der Waals surface area contributed by atoms with Crippen LogP contribution in [-0.2, 0) is 6.54 Å². The molecule has 1 aliphatic heterocycles. The third-order valence-corrected chi connectivity index (χ3v) is 4.01. The normalized spacial score (nSPS) is 12.6. The molecule has 25 heavy (non-hydrogen) atoms. The summed E-state index contributed by atoms with van der Waals surface area (Å²) in [5, 5.41) is 5.75. The van der Waals surface area contributed by atoms with E-state index < -0.39 is 0 Å². The van der Waals surface area contributed by atoms with Gasteiger partial charge in [-0.3, -0.25) is 4.79 Å². The topological polar surface area (TPSA) is 92.9 Å². The van der Waals surface area contributed by atoms with Crippen molar-refractivity contribution in [2.75, 3.05) is 11.1 Å². The lowest BCUT2D eigenvalue weighted by Crippen LogP contribution is -2.13. The van der Waals surface area contributed by atoms with Crippen molar-refractivity contribution in [2.45, 2.75) is 6.54 Å². The predicted molar refractivity (Wildman–Crippen MR) is 92.7 cm³/mol. The number of nitrogens with zero attached hydrogens (tertiary/aromatic N) is 2. The van der Waals surface area contributed by atoms with Crippen molar-refractivity contribution < 1.29 is 9.18 Å². The SMILES string of the molecule is Nc1ccc(-c2ccnc(Nc3cccc(F)c3)n2)c2c1C(=O)NC2. The molecule has 124 valence electrons. The zero-order chi connectivity index (χ0) is 17.4.